The van der Waals surface area contributed by atoms with Gasteiger partial charge >= 0.3 is 0 Å². The van der Waals surface area contributed by atoms with E-state index in [-0.39, 0.29) is 25.1 Å². The number of halogens is 1. The molecule has 0 radical (unpaired) electrons. The minimum Gasteiger partial charge on any atom is -0.454 e. The van der Waals surface area contributed by atoms with E-state index in [9.17, 15) is 4.79 Å². The Morgan fingerprint density at radius 1 is 1.36 bits per heavy atom. The lowest BCUT2D eigenvalue weighted by atomic mass is 10.0. The number of aromatic nitrogens is 1. The van der Waals surface area contributed by atoms with Crippen LogP contribution in [0.15, 0.2) is 23.6 Å². The van der Waals surface area contributed by atoms with Crippen molar-refractivity contribution >= 4 is 34.8 Å². The molecule has 2 aliphatic rings. The van der Waals surface area contributed by atoms with Gasteiger partial charge in [0.15, 0.2) is 16.6 Å². The maximum Gasteiger partial charge on any atom is 0.231 e. The summed E-state index contributed by atoms with van der Waals surface area (Å²) in [5.41, 5.74) is 1.78. The Morgan fingerprint density at radius 3 is 3.08 bits per heavy atom. The number of fused-ring (bicyclic) bond motifs is 1. The van der Waals surface area contributed by atoms with Crippen molar-refractivity contribution in [3.63, 3.8) is 0 Å². The fourth-order valence-electron chi connectivity index (χ4n) is 3.00. The number of thiazole rings is 1. The second-order valence-electron chi connectivity index (χ2n) is 6.05. The number of anilines is 1. The molecule has 3 heterocycles. The zero-order valence-electron chi connectivity index (χ0n) is 13.6. The standard InChI is InChI=1S/C17H19N3O3S.ClH/c21-16(4-1-11-5-6-18-8-11)20-17-19-13(9-24-17)12-2-3-14-15(7-12)23-10-22-14;/h2-3,7,9,11,18H,1,4-6,8,10H2,(H,19,20,21);1H. The third-order valence-corrected chi connectivity index (χ3v) is 5.12. The molecule has 1 amide bonds. The first kappa shape index (κ1) is 18.0. The molecule has 2 aromatic rings. The van der Waals surface area contributed by atoms with E-state index in [1.54, 1.807) is 0 Å². The third kappa shape index (κ3) is 4.23. The summed E-state index contributed by atoms with van der Waals surface area (Å²) in [5, 5.41) is 8.80. The van der Waals surface area contributed by atoms with Crippen molar-refractivity contribution in [2.45, 2.75) is 19.3 Å². The van der Waals surface area contributed by atoms with Crippen molar-refractivity contribution in [2.75, 3.05) is 25.2 Å². The van der Waals surface area contributed by atoms with Crippen molar-refractivity contribution in [3.8, 4) is 22.8 Å². The number of nitrogens with one attached hydrogen (secondary N) is 2. The highest BCUT2D eigenvalue weighted by Gasteiger charge is 2.17. The van der Waals surface area contributed by atoms with Crippen LogP contribution in [-0.2, 0) is 4.79 Å². The van der Waals surface area contributed by atoms with Gasteiger partial charge in [0.25, 0.3) is 0 Å². The Labute approximate surface area is 156 Å². The average molecular weight is 382 g/mol. The average Bonchev–Trinajstić information content (AvgIpc) is 3.33. The van der Waals surface area contributed by atoms with Gasteiger partial charge in [0, 0.05) is 17.4 Å². The van der Waals surface area contributed by atoms with E-state index in [1.165, 1.54) is 17.8 Å². The van der Waals surface area contributed by atoms with Gasteiger partial charge in [0.1, 0.15) is 0 Å². The number of carbonyl (C=O) groups is 1. The molecule has 4 rings (SSSR count). The van der Waals surface area contributed by atoms with E-state index >= 15 is 0 Å². The Balaban J connectivity index is 0.00000182. The highest BCUT2D eigenvalue weighted by molar-refractivity contribution is 7.14. The summed E-state index contributed by atoms with van der Waals surface area (Å²) in [7, 11) is 0. The number of amides is 1. The molecule has 6 nitrogen and oxygen atoms in total. The second-order valence-corrected chi connectivity index (χ2v) is 6.91. The fourth-order valence-corrected chi connectivity index (χ4v) is 3.73. The highest BCUT2D eigenvalue weighted by Crippen LogP contribution is 2.36. The second kappa shape index (κ2) is 8.03. The van der Waals surface area contributed by atoms with E-state index in [1.807, 2.05) is 23.6 Å². The Morgan fingerprint density at radius 2 is 2.24 bits per heavy atom. The predicted molar refractivity (Wildman–Crippen MR) is 99.8 cm³/mol. The number of rotatable bonds is 5. The largest absolute Gasteiger partial charge is 0.454 e. The van der Waals surface area contributed by atoms with E-state index < -0.39 is 0 Å². The molecule has 25 heavy (non-hydrogen) atoms. The number of benzene rings is 1. The van der Waals surface area contributed by atoms with Crippen LogP contribution in [0.1, 0.15) is 19.3 Å². The monoisotopic (exact) mass is 381 g/mol. The summed E-state index contributed by atoms with van der Waals surface area (Å²) in [5.74, 6) is 2.14. The van der Waals surface area contributed by atoms with Gasteiger partial charge in [-0.3, -0.25) is 4.79 Å². The van der Waals surface area contributed by atoms with Crippen molar-refractivity contribution < 1.29 is 14.3 Å². The Kier molecular flexibility index (Phi) is 5.78. The molecule has 0 saturated carbocycles. The summed E-state index contributed by atoms with van der Waals surface area (Å²) in [6, 6.07) is 5.74. The lowest BCUT2D eigenvalue weighted by molar-refractivity contribution is -0.116. The first-order chi connectivity index (χ1) is 11.8. The summed E-state index contributed by atoms with van der Waals surface area (Å²) >= 11 is 1.44. The van der Waals surface area contributed by atoms with Crippen LogP contribution in [-0.4, -0.2) is 30.8 Å². The maximum absolute atomic E-state index is 12.1. The van der Waals surface area contributed by atoms with E-state index in [0.29, 0.717) is 17.5 Å². The van der Waals surface area contributed by atoms with Gasteiger partial charge < -0.3 is 20.1 Å². The molecular weight excluding hydrogens is 362 g/mol. The third-order valence-electron chi connectivity index (χ3n) is 4.36. The molecule has 8 heteroatoms. The van der Waals surface area contributed by atoms with Crippen LogP contribution in [0.3, 0.4) is 0 Å². The molecule has 1 atom stereocenters. The molecule has 1 aromatic heterocycles. The fraction of sp³-hybridized carbons (Fsp3) is 0.412. The molecule has 1 fully saturated rings. The molecule has 1 aromatic carbocycles. The molecular formula is C17H20ClN3O3S. The molecule has 1 unspecified atom stereocenters. The summed E-state index contributed by atoms with van der Waals surface area (Å²) in [6.07, 6.45) is 2.64. The Hall–Kier alpha value is -1.83. The minimum absolute atomic E-state index is 0. The maximum atomic E-state index is 12.1. The number of nitrogens with zero attached hydrogens (tertiary/aromatic N) is 1. The van der Waals surface area contributed by atoms with Crippen molar-refractivity contribution in [1.82, 2.24) is 10.3 Å². The first-order valence-corrected chi connectivity index (χ1v) is 9.02. The number of carbonyl (C=O) groups excluding carboxylic acids is 1. The molecule has 2 aliphatic heterocycles. The van der Waals surface area contributed by atoms with Gasteiger partial charge in [-0.15, -0.1) is 23.7 Å². The highest BCUT2D eigenvalue weighted by atomic mass is 35.5. The van der Waals surface area contributed by atoms with Crippen LogP contribution < -0.4 is 20.1 Å². The summed E-state index contributed by atoms with van der Waals surface area (Å²) in [6.45, 7) is 2.35. The lowest BCUT2D eigenvalue weighted by Crippen LogP contribution is -2.14. The van der Waals surface area contributed by atoms with Gasteiger partial charge in [0.05, 0.1) is 5.69 Å². The lowest BCUT2D eigenvalue weighted by Gasteiger charge is -2.07. The van der Waals surface area contributed by atoms with Crippen LogP contribution >= 0.6 is 23.7 Å². The summed E-state index contributed by atoms with van der Waals surface area (Å²) in [4.78, 5) is 16.6. The van der Waals surface area contributed by atoms with Crippen LogP contribution in [0.2, 0.25) is 0 Å². The normalized spacial score (nSPS) is 18.0. The van der Waals surface area contributed by atoms with E-state index in [4.69, 9.17) is 9.47 Å². The topological polar surface area (TPSA) is 72.5 Å². The zero-order chi connectivity index (χ0) is 16.4. The number of hydrogen-bond acceptors (Lipinski definition) is 6. The van der Waals surface area contributed by atoms with Crippen molar-refractivity contribution in [3.05, 3.63) is 23.6 Å². The molecule has 0 spiro atoms. The van der Waals surface area contributed by atoms with Gasteiger partial charge in [-0.05, 0) is 50.0 Å². The van der Waals surface area contributed by atoms with Crippen molar-refractivity contribution in [2.24, 2.45) is 5.92 Å². The van der Waals surface area contributed by atoms with Crippen molar-refractivity contribution in [1.29, 1.82) is 0 Å². The van der Waals surface area contributed by atoms with Crippen LogP contribution in [0.4, 0.5) is 5.13 Å². The Bertz CT molecular complexity index is 746. The smallest absolute Gasteiger partial charge is 0.231 e. The molecule has 0 aliphatic carbocycles. The zero-order valence-corrected chi connectivity index (χ0v) is 15.3. The molecule has 134 valence electrons. The summed E-state index contributed by atoms with van der Waals surface area (Å²) < 4.78 is 10.7. The predicted octanol–water partition coefficient (Wildman–Crippen LogP) is 3.29. The molecule has 1 saturated heterocycles. The van der Waals surface area contributed by atoms with Gasteiger partial charge in [-0.25, -0.2) is 4.98 Å². The van der Waals surface area contributed by atoms with Crippen LogP contribution in [0.5, 0.6) is 11.5 Å². The van der Waals surface area contributed by atoms with Gasteiger partial charge in [-0.1, -0.05) is 0 Å². The van der Waals surface area contributed by atoms with Gasteiger partial charge in [0.2, 0.25) is 12.7 Å². The minimum atomic E-state index is 0. The number of hydrogen-bond donors (Lipinski definition) is 2. The quantitative estimate of drug-likeness (QED) is 0.831. The van der Waals surface area contributed by atoms with Crippen LogP contribution in [0.25, 0.3) is 11.3 Å². The molecule has 0 bridgehead atoms. The van der Waals surface area contributed by atoms with Crippen LogP contribution in [0, 0.1) is 5.92 Å². The number of ether oxygens (including phenoxy) is 2. The van der Waals surface area contributed by atoms with Gasteiger partial charge in [-0.2, -0.15) is 0 Å². The SMILES string of the molecule is Cl.O=C(CCC1CCNC1)Nc1nc(-c2ccc3c(c2)OCO3)cs1. The van der Waals surface area contributed by atoms with E-state index in [0.717, 1.165) is 42.3 Å². The first-order valence-electron chi connectivity index (χ1n) is 8.14. The molecule has 2 N–H and O–H groups in total. The van der Waals surface area contributed by atoms with E-state index in [2.05, 4.69) is 15.6 Å².